The first-order chi connectivity index (χ1) is 9.79. The Balaban J connectivity index is 2.21. The van der Waals surface area contributed by atoms with Crippen LogP contribution in [0.5, 0.6) is 0 Å². The fraction of sp³-hybridized carbons (Fsp3) is 0.333. The third-order valence-corrected chi connectivity index (χ3v) is 2.77. The number of hydrogen-bond acceptors (Lipinski definition) is 3. The van der Waals surface area contributed by atoms with Crippen LogP contribution in [0.3, 0.4) is 0 Å². The highest BCUT2D eigenvalue weighted by Crippen LogP contribution is 2.16. The number of halogens is 3. The van der Waals surface area contributed by atoms with E-state index in [2.05, 4.69) is 9.72 Å². The topological polar surface area (TPSA) is 84.3 Å². The van der Waals surface area contributed by atoms with E-state index in [0.717, 1.165) is 4.57 Å². The number of aromatic nitrogens is 2. The summed E-state index contributed by atoms with van der Waals surface area (Å²) in [6.07, 6.45) is -4.43. The molecule has 0 aliphatic carbocycles. The quantitative estimate of drug-likeness (QED) is 0.822. The fourth-order valence-corrected chi connectivity index (χ4v) is 1.92. The highest BCUT2D eigenvalue weighted by Gasteiger charge is 2.27. The molecule has 2 rings (SSSR count). The van der Waals surface area contributed by atoms with Crippen LogP contribution in [0.2, 0.25) is 0 Å². The number of carboxylic acids is 1. The second kappa shape index (κ2) is 5.60. The van der Waals surface area contributed by atoms with Crippen molar-refractivity contribution in [3.63, 3.8) is 0 Å². The molecule has 0 amide bonds. The van der Waals surface area contributed by atoms with Crippen LogP contribution in [0.15, 0.2) is 23.0 Å². The number of imidazole rings is 1. The number of carboxylic acid groups (broad SMARTS) is 1. The van der Waals surface area contributed by atoms with Gasteiger partial charge in [-0.3, -0.25) is 4.57 Å². The Morgan fingerprint density at radius 2 is 2.10 bits per heavy atom. The monoisotopic (exact) mass is 304 g/mol. The number of nitrogens with one attached hydrogen (secondary N) is 1. The van der Waals surface area contributed by atoms with E-state index in [1.165, 1.54) is 18.2 Å². The molecule has 2 N–H and O–H groups in total. The predicted octanol–water partition coefficient (Wildman–Crippen LogP) is 1.61. The maximum absolute atomic E-state index is 11.9. The molecule has 0 saturated heterocycles. The molecule has 0 aliphatic rings. The Bertz CT molecular complexity index is 717. The number of benzene rings is 1. The number of carbonyl (C=O) groups is 1. The van der Waals surface area contributed by atoms with Crippen molar-refractivity contribution in [1.29, 1.82) is 0 Å². The third kappa shape index (κ3) is 3.43. The first-order valence-electron chi connectivity index (χ1n) is 5.89. The Kier molecular flexibility index (Phi) is 4.03. The van der Waals surface area contributed by atoms with Gasteiger partial charge in [-0.25, -0.2) is 9.59 Å². The molecule has 1 aromatic carbocycles. The standard InChI is InChI=1S/C12H11F3N2O4/c13-12(14,15)6-21-5-4-17-8-3-1-2-7(10(18)19)9(8)16-11(17)20/h1-3H,4-6H2,(H,16,20)(H,18,19). The summed E-state index contributed by atoms with van der Waals surface area (Å²) in [4.78, 5) is 25.1. The molecule has 21 heavy (non-hydrogen) atoms. The summed E-state index contributed by atoms with van der Waals surface area (Å²) in [5, 5.41) is 9.01. The van der Waals surface area contributed by atoms with Gasteiger partial charge < -0.3 is 14.8 Å². The van der Waals surface area contributed by atoms with Crippen molar-refractivity contribution in [2.75, 3.05) is 13.2 Å². The normalized spacial score (nSPS) is 12.0. The molecule has 114 valence electrons. The molecule has 9 heteroatoms. The number of ether oxygens (including phenoxy) is 1. The minimum atomic E-state index is -4.43. The first-order valence-corrected chi connectivity index (χ1v) is 5.89. The summed E-state index contributed by atoms with van der Waals surface area (Å²) in [6.45, 7) is -1.83. The average molecular weight is 304 g/mol. The lowest BCUT2D eigenvalue weighted by Crippen LogP contribution is -2.22. The number of alkyl halides is 3. The van der Waals surface area contributed by atoms with E-state index in [1.807, 2.05) is 0 Å². The van der Waals surface area contributed by atoms with E-state index < -0.39 is 24.4 Å². The van der Waals surface area contributed by atoms with Crippen molar-refractivity contribution in [1.82, 2.24) is 9.55 Å². The predicted molar refractivity (Wildman–Crippen MR) is 66.4 cm³/mol. The Morgan fingerprint density at radius 3 is 2.71 bits per heavy atom. The largest absolute Gasteiger partial charge is 0.478 e. The van der Waals surface area contributed by atoms with Gasteiger partial charge in [0.25, 0.3) is 0 Å². The molecule has 0 spiro atoms. The van der Waals surface area contributed by atoms with Crippen LogP contribution >= 0.6 is 0 Å². The Hall–Kier alpha value is -2.29. The highest BCUT2D eigenvalue weighted by atomic mass is 19.4. The molecule has 0 radical (unpaired) electrons. The van der Waals surface area contributed by atoms with Gasteiger partial charge in [-0.2, -0.15) is 13.2 Å². The van der Waals surface area contributed by atoms with Crippen molar-refractivity contribution < 1.29 is 27.8 Å². The van der Waals surface area contributed by atoms with Crippen molar-refractivity contribution in [2.45, 2.75) is 12.7 Å². The van der Waals surface area contributed by atoms with Crippen molar-refractivity contribution >= 4 is 17.0 Å². The summed E-state index contributed by atoms with van der Waals surface area (Å²) in [5.74, 6) is -1.21. The van der Waals surface area contributed by atoms with Crippen LogP contribution < -0.4 is 5.69 Å². The van der Waals surface area contributed by atoms with Crippen LogP contribution in [-0.4, -0.2) is 40.0 Å². The number of aromatic carboxylic acids is 1. The van der Waals surface area contributed by atoms with Crippen LogP contribution in [0.1, 0.15) is 10.4 Å². The summed E-state index contributed by atoms with van der Waals surface area (Å²) in [6, 6.07) is 4.28. The summed E-state index contributed by atoms with van der Waals surface area (Å²) >= 11 is 0. The number of aromatic amines is 1. The van der Waals surface area contributed by atoms with Gasteiger partial charge in [0.05, 0.1) is 29.7 Å². The van der Waals surface area contributed by atoms with Crippen LogP contribution in [0.4, 0.5) is 13.2 Å². The minimum absolute atomic E-state index is 0.0837. The van der Waals surface area contributed by atoms with Gasteiger partial charge in [0.15, 0.2) is 0 Å². The lowest BCUT2D eigenvalue weighted by molar-refractivity contribution is -0.174. The fourth-order valence-electron chi connectivity index (χ4n) is 1.92. The number of para-hydroxylation sites is 1. The molecular weight excluding hydrogens is 293 g/mol. The second-order valence-electron chi connectivity index (χ2n) is 4.25. The van der Waals surface area contributed by atoms with E-state index in [0.29, 0.717) is 5.52 Å². The van der Waals surface area contributed by atoms with E-state index >= 15 is 0 Å². The van der Waals surface area contributed by atoms with E-state index in [4.69, 9.17) is 5.11 Å². The number of fused-ring (bicyclic) bond motifs is 1. The summed E-state index contributed by atoms with van der Waals surface area (Å²) in [7, 11) is 0. The van der Waals surface area contributed by atoms with Crippen LogP contribution in [-0.2, 0) is 11.3 Å². The molecule has 0 saturated carbocycles. The molecule has 0 bridgehead atoms. The minimum Gasteiger partial charge on any atom is -0.478 e. The zero-order valence-corrected chi connectivity index (χ0v) is 10.6. The van der Waals surface area contributed by atoms with E-state index in [9.17, 15) is 22.8 Å². The second-order valence-corrected chi connectivity index (χ2v) is 4.25. The molecule has 1 aromatic heterocycles. The van der Waals surface area contributed by atoms with Gasteiger partial charge in [0.1, 0.15) is 6.61 Å². The van der Waals surface area contributed by atoms with Gasteiger partial charge in [-0.15, -0.1) is 0 Å². The zero-order chi connectivity index (χ0) is 15.6. The molecule has 6 nitrogen and oxygen atoms in total. The van der Waals surface area contributed by atoms with Crippen molar-refractivity contribution in [3.8, 4) is 0 Å². The maximum atomic E-state index is 11.9. The van der Waals surface area contributed by atoms with Gasteiger partial charge >= 0.3 is 17.8 Å². The third-order valence-electron chi connectivity index (χ3n) is 2.77. The van der Waals surface area contributed by atoms with E-state index in [-0.39, 0.29) is 24.2 Å². The summed E-state index contributed by atoms with van der Waals surface area (Å²) < 4.78 is 41.4. The molecule has 1 heterocycles. The van der Waals surface area contributed by atoms with Gasteiger partial charge in [0, 0.05) is 0 Å². The lowest BCUT2D eigenvalue weighted by Gasteiger charge is -2.08. The number of rotatable bonds is 5. The van der Waals surface area contributed by atoms with Crippen molar-refractivity contribution in [3.05, 3.63) is 34.2 Å². The zero-order valence-electron chi connectivity index (χ0n) is 10.6. The SMILES string of the molecule is O=C(O)c1cccc2c1[nH]c(=O)n2CCOCC(F)(F)F. The molecule has 0 unspecified atom stereocenters. The van der Waals surface area contributed by atoms with Crippen LogP contribution in [0, 0.1) is 0 Å². The smallest absolute Gasteiger partial charge is 0.411 e. The first kappa shape index (κ1) is 15.1. The number of nitrogens with zero attached hydrogens (tertiary/aromatic N) is 1. The lowest BCUT2D eigenvalue weighted by atomic mass is 10.2. The Labute approximate surface area is 115 Å². The molecular formula is C12H11F3N2O4. The number of hydrogen-bond donors (Lipinski definition) is 2. The van der Waals surface area contributed by atoms with Crippen molar-refractivity contribution in [2.24, 2.45) is 0 Å². The molecule has 0 fully saturated rings. The average Bonchev–Trinajstić information content (AvgIpc) is 2.69. The van der Waals surface area contributed by atoms with Crippen LogP contribution in [0.25, 0.3) is 11.0 Å². The van der Waals surface area contributed by atoms with Gasteiger partial charge in [-0.05, 0) is 12.1 Å². The van der Waals surface area contributed by atoms with E-state index in [1.54, 1.807) is 0 Å². The molecule has 2 aromatic rings. The molecule has 0 atom stereocenters. The Morgan fingerprint density at radius 1 is 1.38 bits per heavy atom. The summed E-state index contributed by atoms with van der Waals surface area (Å²) in [5.41, 5.74) is -0.254. The van der Waals surface area contributed by atoms with Gasteiger partial charge in [0.2, 0.25) is 0 Å². The maximum Gasteiger partial charge on any atom is 0.411 e. The molecule has 0 aliphatic heterocycles. The number of H-pyrrole nitrogens is 1. The highest BCUT2D eigenvalue weighted by molar-refractivity contribution is 6.00. The van der Waals surface area contributed by atoms with Gasteiger partial charge in [-0.1, -0.05) is 6.07 Å².